The minimum absolute atomic E-state index is 0.288. The SMILES string of the molecule is O=C(CN1C(=O)S/C(=C/c2cccc3ccccc23)C1=O)Nc1ccc(Br)c(Cl)c1. The van der Waals surface area contributed by atoms with E-state index in [-0.39, 0.29) is 11.4 Å². The van der Waals surface area contributed by atoms with Crippen LogP contribution in [0.25, 0.3) is 16.8 Å². The molecule has 1 fully saturated rings. The predicted molar refractivity (Wildman–Crippen MR) is 124 cm³/mol. The lowest BCUT2D eigenvalue weighted by molar-refractivity contribution is -0.127. The molecule has 1 saturated heterocycles. The van der Waals surface area contributed by atoms with Gasteiger partial charge in [0.15, 0.2) is 0 Å². The van der Waals surface area contributed by atoms with Crippen molar-refractivity contribution in [2.24, 2.45) is 0 Å². The monoisotopic (exact) mass is 500 g/mol. The number of nitrogens with one attached hydrogen (secondary N) is 1. The molecule has 3 amide bonds. The number of nitrogens with zero attached hydrogens (tertiary/aromatic N) is 1. The summed E-state index contributed by atoms with van der Waals surface area (Å²) in [7, 11) is 0. The van der Waals surface area contributed by atoms with E-state index in [0.29, 0.717) is 15.2 Å². The Bertz CT molecular complexity index is 1220. The topological polar surface area (TPSA) is 66.5 Å². The van der Waals surface area contributed by atoms with Gasteiger partial charge in [0.2, 0.25) is 5.91 Å². The average molecular weight is 502 g/mol. The van der Waals surface area contributed by atoms with Gasteiger partial charge in [-0.3, -0.25) is 19.3 Å². The molecule has 0 saturated carbocycles. The first-order valence-corrected chi connectivity index (χ1v) is 10.9. The lowest BCUT2D eigenvalue weighted by atomic mass is 10.0. The van der Waals surface area contributed by atoms with Crippen molar-refractivity contribution in [3.63, 3.8) is 0 Å². The molecule has 1 aliphatic heterocycles. The third-order valence-corrected chi connectivity index (χ3v) is 6.63. The molecule has 150 valence electrons. The molecule has 0 atom stereocenters. The maximum absolute atomic E-state index is 12.8. The molecular weight excluding hydrogens is 488 g/mol. The second kappa shape index (κ2) is 8.63. The first kappa shape index (κ1) is 20.7. The highest BCUT2D eigenvalue weighted by Gasteiger charge is 2.36. The minimum atomic E-state index is -0.484. The van der Waals surface area contributed by atoms with E-state index in [9.17, 15) is 14.4 Å². The number of hydrogen-bond donors (Lipinski definition) is 1. The van der Waals surface area contributed by atoms with Crippen LogP contribution >= 0.6 is 39.3 Å². The molecule has 5 nitrogen and oxygen atoms in total. The number of carbonyl (C=O) groups excluding carboxylic acids is 3. The number of hydrogen-bond acceptors (Lipinski definition) is 4. The van der Waals surface area contributed by atoms with E-state index in [2.05, 4.69) is 21.2 Å². The molecule has 0 radical (unpaired) electrons. The van der Waals surface area contributed by atoms with Gasteiger partial charge in [0, 0.05) is 10.2 Å². The fourth-order valence-electron chi connectivity index (χ4n) is 3.07. The van der Waals surface area contributed by atoms with Crippen LogP contribution in [-0.2, 0) is 9.59 Å². The Morgan fingerprint density at radius 1 is 1.10 bits per heavy atom. The van der Waals surface area contributed by atoms with Crippen molar-refractivity contribution in [2.75, 3.05) is 11.9 Å². The zero-order valence-corrected chi connectivity index (χ0v) is 18.6. The number of thioether (sulfide) groups is 1. The highest BCUT2D eigenvalue weighted by atomic mass is 79.9. The van der Waals surface area contributed by atoms with Crippen LogP contribution in [0.4, 0.5) is 10.5 Å². The van der Waals surface area contributed by atoms with Crippen LogP contribution in [-0.4, -0.2) is 28.5 Å². The molecule has 1 aliphatic rings. The third kappa shape index (κ3) is 4.28. The van der Waals surface area contributed by atoms with E-state index in [1.54, 1.807) is 24.3 Å². The summed E-state index contributed by atoms with van der Waals surface area (Å²) in [4.78, 5) is 38.7. The van der Waals surface area contributed by atoms with E-state index in [4.69, 9.17) is 11.6 Å². The molecule has 1 N–H and O–H groups in total. The van der Waals surface area contributed by atoms with E-state index < -0.39 is 17.1 Å². The number of carbonyl (C=O) groups is 3. The molecule has 30 heavy (non-hydrogen) atoms. The molecule has 0 bridgehead atoms. The molecule has 3 aromatic carbocycles. The van der Waals surface area contributed by atoms with E-state index >= 15 is 0 Å². The van der Waals surface area contributed by atoms with E-state index in [0.717, 1.165) is 33.0 Å². The van der Waals surface area contributed by atoms with Crippen molar-refractivity contribution in [1.82, 2.24) is 4.90 Å². The summed E-state index contributed by atoms with van der Waals surface area (Å²) in [6.45, 7) is -0.370. The zero-order valence-electron chi connectivity index (χ0n) is 15.4. The lowest BCUT2D eigenvalue weighted by Gasteiger charge is -2.12. The Kier molecular flexibility index (Phi) is 5.94. The highest BCUT2D eigenvalue weighted by Crippen LogP contribution is 2.33. The number of imide groups is 1. The van der Waals surface area contributed by atoms with Gasteiger partial charge in [-0.05, 0) is 68.3 Å². The van der Waals surface area contributed by atoms with Crippen molar-refractivity contribution in [1.29, 1.82) is 0 Å². The number of halogens is 2. The summed E-state index contributed by atoms with van der Waals surface area (Å²) < 4.78 is 0.701. The highest BCUT2D eigenvalue weighted by molar-refractivity contribution is 9.10. The van der Waals surface area contributed by atoms with Gasteiger partial charge in [-0.25, -0.2) is 0 Å². The fraction of sp³-hybridized carbons (Fsp3) is 0.0455. The van der Waals surface area contributed by atoms with Crippen molar-refractivity contribution in [3.8, 4) is 0 Å². The Morgan fingerprint density at radius 2 is 1.87 bits per heavy atom. The van der Waals surface area contributed by atoms with Crippen molar-refractivity contribution < 1.29 is 14.4 Å². The number of benzene rings is 3. The molecule has 0 aromatic heterocycles. The van der Waals surface area contributed by atoms with Crippen molar-refractivity contribution in [3.05, 3.63) is 80.6 Å². The molecule has 4 rings (SSSR count). The van der Waals surface area contributed by atoms with Gasteiger partial charge < -0.3 is 5.32 Å². The third-order valence-electron chi connectivity index (χ3n) is 4.49. The normalized spacial score (nSPS) is 15.3. The molecule has 0 aliphatic carbocycles. The molecule has 8 heteroatoms. The van der Waals surface area contributed by atoms with E-state index in [1.165, 1.54) is 0 Å². The van der Waals surface area contributed by atoms with Crippen LogP contribution in [0.1, 0.15) is 5.56 Å². The lowest BCUT2D eigenvalue weighted by Crippen LogP contribution is -2.36. The molecule has 0 unspecified atom stereocenters. The number of anilines is 1. The standard InChI is InChI=1S/C22H14BrClN2O3S/c23-17-9-8-15(11-18(17)24)25-20(27)12-26-21(28)19(30-22(26)29)10-14-6-3-5-13-4-1-2-7-16(13)14/h1-11H,12H2,(H,25,27)/b19-10+. The Morgan fingerprint density at radius 3 is 2.67 bits per heavy atom. The van der Waals surface area contributed by atoms with Gasteiger partial charge in [0.05, 0.1) is 9.93 Å². The minimum Gasteiger partial charge on any atom is -0.324 e. The second-order valence-corrected chi connectivity index (χ2v) is 8.77. The van der Waals surface area contributed by atoms with Crippen LogP contribution in [0, 0.1) is 0 Å². The Labute approximate surface area is 190 Å². The van der Waals surface area contributed by atoms with Crippen molar-refractivity contribution in [2.45, 2.75) is 0 Å². The molecule has 0 spiro atoms. The summed E-state index contributed by atoms with van der Waals surface area (Å²) in [5.41, 5.74) is 1.32. The maximum atomic E-state index is 12.8. The summed E-state index contributed by atoms with van der Waals surface area (Å²) in [5, 5.41) is 4.64. The average Bonchev–Trinajstić information content (AvgIpc) is 2.98. The first-order chi connectivity index (χ1) is 14.4. The first-order valence-electron chi connectivity index (χ1n) is 8.90. The van der Waals surface area contributed by atoms with Crippen LogP contribution in [0.2, 0.25) is 5.02 Å². The number of rotatable bonds is 4. The van der Waals surface area contributed by atoms with Gasteiger partial charge in [-0.15, -0.1) is 0 Å². The van der Waals surface area contributed by atoms with Gasteiger partial charge in [0.1, 0.15) is 6.54 Å². The predicted octanol–water partition coefficient (Wildman–Crippen LogP) is 5.93. The Hall–Kier alpha value is -2.61. The fourth-order valence-corrected chi connectivity index (χ4v) is 4.33. The van der Waals surface area contributed by atoms with Crippen LogP contribution in [0.5, 0.6) is 0 Å². The molecular formula is C22H14BrClN2O3S. The van der Waals surface area contributed by atoms with Crippen LogP contribution in [0.15, 0.2) is 70.0 Å². The summed E-state index contributed by atoms with van der Waals surface area (Å²) in [6, 6.07) is 18.5. The van der Waals surface area contributed by atoms with Gasteiger partial charge >= 0.3 is 0 Å². The summed E-state index contributed by atoms with van der Waals surface area (Å²) >= 11 is 10.1. The maximum Gasteiger partial charge on any atom is 0.294 e. The van der Waals surface area contributed by atoms with Gasteiger partial charge in [-0.1, -0.05) is 54.1 Å². The molecule has 3 aromatic rings. The van der Waals surface area contributed by atoms with Crippen molar-refractivity contribution >= 4 is 78.9 Å². The largest absolute Gasteiger partial charge is 0.324 e. The van der Waals surface area contributed by atoms with Gasteiger partial charge in [-0.2, -0.15) is 0 Å². The van der Waals surface area contributed by atoms with Gasteiger partial charge in [0.25, 0.3) is 11.1 Å². The summed E-state index contributed by atoms with van der Waals surface area (Å²) in [5.74, 6) is -0.968. The number of amides is 3. The molecule has 1 heterocycles. The quantitative estimate of drug-likeness (QED) is 0.450. The van der Waals surface area contributed by atoms with E-state index in [1.807, 2.05) is 42.5 Å². The zero-order chi connectivity index (χ0) is 21.3. The summed E-state index contributed by atoms with van der Waals surface area (Å²) in [6.07, 6.45) is 1.69. The number of fused-ring (bicyclic) bond motifs is 1. The smallest absolute Gasteiger partial charge is 0.294 e. The van der Waals surface area contributed by atoms with Crippen LogP contribution < -0.4 is 5.32 Å². The second-order valence-electron chi connectivity index (χ2n) is 6.51. The van der Waals surface area contributed by atoms with Crippen LogP contribution in [0.3, 0.4) is 0 Å². The Balaban J connectivity index is 1.51.